The summed E-state index contributed by atoms with van der Waals surface area (Å²) in [4.78, 5) is 87.9. The smallest absolute Gasteiger partial charge is 0.330 e. The van der Waals surface area contributed by atoms with Crippen LogP contribution in [0.5, 0.6) is 17.2 Å². The highest BCUT2D eigenvalue weighted by Crippen LogP contribution is 2.39. The third-order valence-electron chi connectivity index (χ3n) is 8.40. The second-order valence-corrected chi connectivity index (χ2v) is 14.1. The molecule has 0 fully saturated rings. The van der Waals surface area contributed by atoms with Crippen molar-refractivity contribution in [2.75, 3.05) is 73.2 Å². The number of hydrogen-bond acceptors (Lipinski definition) is 22. The van der Waals surface area contributed by atoms with E-state index in [0.29, 0.717) is 5.56 Å². The molecule has 392 valence electrons. The summed E-state index contributed by atoms with van der Waals surface area (Å²) >= 11 is 5.96. The molecule has 0 heterocycles. The van der Waals surface area contributed by atoms with Gasteiger partial charge in [0.25, 0.3) is 11.4 Å². The van der Waals surface area contributed by atoms with E-state index in [4.69, 9.17) is 49.9 Å². The van der Waals surface area contributed by atoms with Gasteiger partial charge in [-0.3, -0.25) is 29.8 Å². The molecule has 0 amide bonds. The fraction of sp³-hybridized carbons (Fsp3) is 0.435. The molecular formula is C46H59ClN2O22. The SMILES string of the molecule is C=CC(=O)OCCO.C=CC(=O)OCCOC(=O)CCCOc1cc([N+](=O)[O-])c(C(C)Cl)cc1CO.C=CC(=O)OCCOC(=O)CCCOc1cc([N+](=O)[O-])c(C(C)OCCOC(=O)C=C)cc1OC. The molecule has 2 aromatic carbocycles. The minimum absolute atomic E-state index is 0.0191. The largest absolute Gasteiger partial charge is 0.493 e. The molecule has 0 saturated heterocycles. The van der Waals surface area contributed by atoms with Crippen LogP contribution in [0.15, 0.2) is 74.9 Å². The molecule has 71 heavy (non-hydrogen) atoms. The summed E-state index contributed by atoms with van der Waals surface area (Å²) in [5, 5.41) is 39.8. The number of ether oxygens (including phenoxy) is 10. The molecule has 2 aromatic rings. The van der Waals surface area contributed by atoms with Gasteiger partial charge in [-0.25, -0.2) is 19.2 Å². The maximum absolute atomic E-state index is 11.7. The number of aliphatic hydroxyl groups is 2. The zero-order chi connectivity index (χ0) is 53.7. The number of esters is 6. The highest BCUT2D eigenvalue weighted by molar-refractivity contribution is 6.20. The Labute approximate surface area is 413 Å². The van der Waals surface area contributed by atoms with Crippen molar-refractivity contribution < 1.29 is 96.2 Å². The van der Waals surface area contributed by atoms with Gasteiger partial charge in [-0.2, -0.15) is 0 Å². The van der Waals surface area contributed by atoms with Crippen molar-refractivity contribution in [2.45, 2.75) is 57.6 Å². The minimum atomic E-state index is -0.707. The average Bonchev–Trinajstić information content (AvgIpc) is 3.36. The van der Waals surface area contributed by atoms with E-state index >= 15 is 0 Å². The second kappa shape index (κ2) is 37.5. The molecule has 0 aliphatic rings. The number of methoxy groups -OCH3 is 1. The molecular weight excluding hydrogens is 968 g/mol. The van der Waals surface area contributed by atoms with E-state index in [1.165, 1.54) is 31.4 Å². The molecule has 0 aromatic heterocycles. The second-order valence-electron chi connectivity index (χ2n) is 13.4. The monoisotopic (exact) mass is 1030 g/mol. The number of hydrogen-bond donors (Lipinski definition) is 2. The first kappa shape index (κ1) is 63.6. The summed E-state index contributed by atoms with van der Waals surface area (Å²) in [7, 11) is 1.38. The number of nitro benzene ring substituents is 2. The van der Waals surface area contributed by atoms with Crippen LogP contribution in [0.25, 0.3) is 0 Å². The van der Waals surface area contributed by atoms with Crippen LogP contribution in [0, 0.1) is 20.2 Å². The fourth-order valence-electron chi connectivity index (χ4n) is 5.06. The van der Waals surface area contributed by atoms with Crippen LogP contribution in [0.4, 0.5) is 11.4 Å². The maximum atomic E-state index is 11.7. The normalized spacial score (nSPS) is 10.8. The van der Waals surface area contributed by atoms with Crippen LogP contribution >= 0.6 is 11.6 Å². The third-order valence-corrected chi connectivity index (χ3v) is 8.63. The van der Waals surface area contributed by atoms with Crippen molar-refractivity contribution in [1.82, 2.24) is 0 Å². The Kier molecular flexibility index (Phi) is 33.6. The Bertz CT molecular complexity index is 2110. The van der Waals surface area contributed by atoms with Gasteiger partial charge in [0.1, 0.15) is 45.4 Å². The Morgan fingerprint density at radius 1 is 0.592 bits per heavy atom. The number of halogens is 1. The zero-order valence-corrected chi connectivity index (χ0v) is 40.3. The van der Waals surface area contributed by atoms with Gasteiger partial charge in [-0.05, 0) is 38.8 Å². The van der Waals surface area contributed by atoms with E-state index in [2.05, 4.69) is 40.5 Å². The molecule has 0 radical (unpaired) electrons. The van der Waals surface area contributed by atoms with Crippen molar-refractivity contribution in [3.63, 3.8) is 0 Å². The zero-order valence-electron chi connectivity index (χ0n) is 39.5. The first-order valence-electron chi connectivity index (χ1n) is 21.2. The van der Waals surface area contributed by atoms with Crippen LogP contribution < -0.4 is 14.2 Å². The number of carbonyl (C=O) groups is 6. The van der Waals surface area contributed by atoms with Gasteiger partial charge in [-0.1, -0.05) is 26.3 Å². The van der Waals surface area contributed by atoms with E-state index in [1.807, 2.05) is 0 Å². The van der Waals surface area contributed by atoms with E-state index in [9.17, 15) is 54.1 Å². The summed E-state index contributed by atoms with van der Waals surface area (Å²) in [5.41, 5.74) is 0.437. The first-order valence-corrected chi connectivity index (χ1v) is 21.7. The number of nitro groups is 2. The Hall–Kier alpha value is -7.41. The van der Waals surface area contributed by atoms with Gasteiger partial charge in [0.2, 0.25) is 0 Å². The molecule has 24 nitrogen and oxygen atoms in total. The van der Waals surface area contributed by atoms with Crippen LogP contribution in [-0.2, 0) is 68.5 Å². The average molecular weight is 1030 g/mol. The standard InChI is InChI=1S/C23H29NO11.C18H22ClNO8.C5H8O3/c1-5-21(25)33-11-10-31-16(3)17-14-19(30-4)20(15-18(17)24(28)29)32-9-7-8-23(27)35-13-12-34-22(26)6-2;1-3-17(22)27-7-8-28-18(23)5-4-6-26-16-10-15(20(24)25)14(12(2)19)9-13(16)11-21;1-2-5(7)8-4-3-6/h5-6,14-16H,1-2,7-13H2,3-4H3;3,9-10,12,21H,1,4-8,11H2,2H3;2,6H,1,3-4H2. The predicted octanol–water partition coefficient (Wildman–Crippen LogP) is 5.37. The molecule has 0 spiro atoms. The van der Waals surface area contributed by atoms with Crippen molar-refractivity contribution in [3.05, 3.63) is 112 Å². The highest BCUT2D eigenvalue weighted by Gasteiger charge is 2.25. The van der Waals surface area contributed by atoms with Crippen molar-refractivity contribution in [1.29, 1.82) is 0 Å². The Morgan fingerprint density at radius 3 is 1.41 bits per heavy atom. The van der Waals surface area contributed by atoms with E-state index in [1.54, 1.807) is 13.8 Å². The topological polar surface area (TPSA) is 321 Å². The molecule has 0 aliphatic carbocycles. The molecule has 0 aliphatic heterocycles. The summed E-state index contributed by atoms with van der Waals surface area (Å²) in [5.74, 6) is -2.81. The molecule has 2 atom stereocenters. The lowest BCUT2D eigenvalue weighted by atomic mass is 10.1. The first-order chi connectivity index (χ1) is 33.8. The van der Waals surface area contributed by atoms with Crippen molar-refractivity contribution >= 4 is 58.8 Å². The molecule has 2 unspecified atom stereocenters. The van der Waals surface area contributed by atoms with Gasteiger partial charge in [0.15, 0.2) is 11.5 Å². The summed E-state index contributed by atoms with van der Waals surface area (Å²) in [6.07, 6.45) is 4.00. The molecule has 0 bridgehead atoms. The fourth-order valence-corrected chi connectivity index (χ4v) is 5.24. The molecule has 0 saturated carbocycles. The predicted molar refractivity (Wildman–Crippen MR) is 250 cm³/mol. The number of rotatable bonds is 32. The summed E-state index contributed by atoms with van der Waals surface area (Å²) in [6.45, 7) is 15.5. The van der Waals surface area contributed by atoms with Crippen molar-refractivity contribution in [2.24, 2.45) is 0 Å². The quantitative estimate of drug-likeness (QED) is 0.0177. The number of aliphatic hydroxyl groups excluding tert-OH is 2. The number of nitrogens with zero attached hydrogens (tertiary/aromatic N) is 2. The lowest BCUT2D eigenvalue weighted by Gasteiger charge is -2.17. The van der Waals surface area contributed by atoms with Gasteiger partial charge in [-0.15, -0.1) is 11.6 Å². The Balaban J connectivity index is 0.00000121. The summed E-state index contributed by atoms with van der Waals surface area (Å²) < 4.78 is 50.2. The maximum Gasteiger partial charge on any atom is 0.330 e. The van der Waals surface area contributed by atoms with Crippen LogP contribution in [0.2, 0.25) is 0 Å². The van der Waals surface area contributed by atoms with Crippen LogP contribution in [0.3, 0.4) is 0 Å². The van der Waals surface area contributed by atoms with Gasteiger partial charge >= 0.3 is 35.8 Å². The molecule has 25 heteroatoms. The highest BCUT2D eigenvalue weighted by atomic mass is 35.5. The van der Waals surface area contributed by atoms with E-state index < -0.39 is 57.1 Å². The van der Waals surface area contributed by atoms with E-state index in [0.717, 1.165) is 24.3 Å². The lowest BCUT2D eigenvalue weighted by Crippen LogP contribution is -2.13. The number of alkyl halides is 1. The van der Waals surface area contributed by atoms with Gasteiger partial charge in [0, 0.05) is 48.3 Å². The minimum Gasteiger partial charge on any atom is -0.493 e. The van der Waals surface area contributed by atoms with Crippen LogP contribution in [-0.4, -0.2) is 129 Å². The van der Waals surface area contributed by atoms with E-state index in [-0.39, 0.29) is 138 Å². The number of benzene rings is 2. The summed E-state index contributed by atoms with van der Waals surface area (Å²) in [6, 6.07) is 5.31. The van der Waals surface area contributed by atoms with Crippen molar-refractivity contribution in [3.8, 4) is 17.2 Å². The number of carbonyl (C=O) groups excluding carboxylic acids is 6. The molecule has 2 rings (SSSR count). The Morgan fingerprint density at radius 2 is 1.00 bits per heavy atom. The van der Waals surface area contributed by atoms with Crippen LogP contribution in [0.1, 0.15) is 67.7 Å². The van der Waals surface area contributed by atoms with Gasteiger partial charge in [0.05, 0.1) is 79.2 Å². The lowest BCUT2D eigenvalue weighted by molar-refractivity contribution is -0.386. The van der Waals surface area contributed by atoms with Gasteiger partial charge < -0.3 is 57.6 Å². The third kappa shape index (κ3) is 27.4. The molecule has 2 N–H and O–H groups in total.